The fourth-order valence-electron chi connectivity index (χ4n) is 3.83. The summed E-state index contributed by atoms with van der Waals surface area (Å²) in [6.07, 6.45) is -1.21. The summed E-state index contributed by atoms with van der Waals surface area (Å²) in [6.45, 7) is 6.85. The predicted octanol–water partition coefficient (Wildman–Crippen LogP) is 2.29. The minimum absolute atomic E-state index is 0.0572. The van der Waals surface area contributed by atoms with Gasteiger partial charge in [-0.25, -0.2) is 8.78 Å². The van der Waals surface area contributed by atoms with Crippen LogP contribution in [0.1, 0.15) is 45.6 Å². The smallest absolute Gasteiger partial charge is 0.265 e. The van der Waals surface area contributed by atoms with Gasteiger partial charge in [-0.1, -0.05) is 20.8 Å². The summed E-state index contributed by atoms with van der Waals surface area (Å²) in [7, 11) is 0. The van der Waals surface area contributed by atoms with E-state index >= 15 is 0 Å². The van der Waals surface area contributed by atoms with Gasteiger partial charge in [-0.3, -0.25) is 19.3 Å². The second-order valence-corrected chi connectivity index (χ2v) is 9.43. The molecule has 1 aliphatic carbocycles. The van der Waals surface area contributed by atoms with Gasteiger partial charge >= 0.3 is 0 Å². The molecule has 1 saturated heterocycles. The molecule has 1 aromatic carbocycles. The molecule has 3 rings (SSSR count). The molecule has 8 nitrogen and oxygen atoms in total. The summed E-state index contributed by atoms with van der Waals surface area (Å²) >= 11 is 0. The molecule has 176 valence electrons. The number of primary amides is 1. The third-order valence-corrected chi connectivity index (χ3v) is 5.35. The highest BCUT2D eigenvalue weighted by molar-refractivity contribution is 6.10. The molecule has 1 aromatic rings. The van der Waals surface area contributed by atoms with Crippen LogP contribution in [0.15, 0.2) is 18.2 Å². The number of halogens is 2. The van der Waals surface area contributed by atoms with Crippen molar-refractivity contribution in [1.29, 1.82) is 0 Å². The van der Waals surface area contributed by atoms with Crippen LogP contribution in [0.5, 0.6) is 0 Å². The molecule has 2 fully saturated rings. The zero-order chi connectivity index (χ0) is 23.6. The lowest BCUT2D eigenvalue weighted by atomic mass is 9.94. The van der Waals surface area contributed by atoms with E-state index in [2.05, 4.69) is 5.32 Å². The average Bonchev–Trinajstić information content (AvgIpc) is 3.52. The van der Waals surface area contributed by atoms with Crippen LogP contribution in [-0.2, 0) is 19.1 Å². The topological polar surface area (TPSA) is 105 Å². The van der Waals surface area contributed by atoms with Crippen molar-refractivity contribution in [1.82, 2.24) is 4.90 Å². The third kappa shape index (κ3) is 5.80. The zero-order valence-corrected chi connectivity index (χ0v) is 18.6. The van der Waals surface area contributed by atoms with Crippen molar-refractivity contribution < 1.29 is 27.9 Å². The highest BCUT2D eigenvalue weighted by Gasteiger charge is 2.42. The minimum atomic E-state index is -2.90. The molecule has 1 aliphatic heterocycles. The zero-order valence-electron chi connectivity index (χ0n) is 18.6. The lowest BCUT2D eigenvalue weighted by Gasteiger charge is -2.34. The summed E-state index contributed by atoms with van der Waals surface area (Å²) < 4.78 is 32.7. The van der Waals surface area contributed by atoms with E-state index in [4.69, 9.17) is 10.5 Å². The maximum absolute atomic E-state index is 13.8. The maximum atomic E-state index is 13.8. The average molecular weight is 453 g/mol. The SMILES string of the molecule is CC(C)(C)CN(C1CC1)[C@H](C(N)=O)C(=O)Nc1ccc(N2CCOCC2=O)cc1C(F)F. The van der Waals surface area contributed by atoms with Gasteiger partial charge in [0.05, 0.1) is 6.61 Å². The van der Waals surface area contributed by atoms with Gasteiger partial charge in [-0.2, -0.15) is 0 Å². The molecule has 32 heavy (non-hydrogen) atoms. The van der Waals surface area contributed by atoms with Gasteiger partial charge < -0.3 is 20.7 Å². The first kappa shape index (κ1) is 24.1. The Labute approximate surface area is 186 Å². The van der Waals surface area contributed by atoms with Gasteiger partial charge in [0.1, 0.15) is 6.61 Å². The molecule has 0 aromatic heterocycles. The number of nitrogens with zero attached hydrogens (tertiary/aromatic N) is 2. The quantitative estimate of drug-likeness (QED) is 0.589. The number of rotatable bonds is 8. The molecule has 0 bridgehead atoms. The Hall–Kier alpha value is -2.59. The Kier molecular flexibility index (Phi) is 7.14. The van der Waals surface area contributed by atoms with Crippen molar-refractivity contribution >= 4 is 29.1 Å². The van der Waals surface area contributed by atoms with Crippen molar-refractivity contribution in [2.24, 2.45) is 11.1 Å². The molecule has 1 atom stereocenters. The first-order chi connectivity index (χ1) is 15.0. The number of nitrogens with two attached hydrogens (primary N) is 1. The number of hydrogen-bond donors (Lipinski definition) is 2. The number of ether oxygens (including phenoxy) is 1. The Morgan fingerprint density at radius 3 is 2.53 bits per heavy atom. The standard InChI is InChI=1S/C22H30F2N4O4/c1-22(2,3)12-28(13-4-5-13)18(20(25)30)21(31)26-16-7-6-14(10-15(16)19(23)24)27-8-9-32-11-17(27)29/h6-7,10,13,18-19H,4-5,8-9,11-12H2,1-3H3,(H2,25,30)(H,26,31)/t18-/m1/s1. The first-order valence-corrected chi connectivity index (χ1v) is 10.6. The summed E-state index contributed by atoms with van der Waals surface area (Å²) in [5.41, 5.74) is 5.11. The number of anilines is 2. The minimum Gasteiger partial charge on any atom is -0.370 e. The van der Waals surface area contributed by atoms with Crippen LogP contribution in [0.4, 0.5) is 20.2 Å². The van der Waals surface area contributed by atoms with Crippen LogP contribution < -0.4 is 16.0 Å². The fraction of sp³-hybridized carbons (Fsp3) is 0.591. The van der Waals surface area contributed by atoms with E-state index in [0.29, 0.717) is 18.8 Å². The van der Waals surface area contributed by atoms with Crippen LogP contribution >= 0.6 is 0 Å². The molecule has 0 unspecified atom stereocenters. The first-order valence-electron chi connectivity index (χ1n) is 10.6. The molecule has 1 saturated carbocycles. The Bertz CT molecular complexity index is 883. The van der Waals surface area contributed by atoms with E-state index in [1.54, 1.807) is 4.90 Å². The lowest BCUT2D eigenvalue weighted by molar-refractivity contribution is -0.133. The van der Waals surface area contributed by atoms with Gasteiger partial charge in [0.25, 0.3) is 18.2 Å². The van der Waals surface area contributed by atoms with Crippen LogP contribution in [-0.4, -0.2) is 61.0 Å². The second-order valence-electron chi connectivity index (χ2n) is 9.43. The van der Waals surface area contributed by atoms with Crippen molar-refractivity contribution in [2.45, 2.75) is 52.1 Å². The Morgan fingerprint density at radius 1 is 1.31 bits per heavy atom. The van der Waals surface area contributed by atoms with Gasteiger partial charge in [0.2, 0.25) is 5.91 Å². The van der Waals surface area contributed by atoms with E-state index in [9.17, 15) is 23.2 Å². The van der Waals surface area contributed by atoms with E-state index < -0.39 is 29.8 Å². The van der Waals surface area contributed by atoms with E-state index in [1.165, 1.54) is 23.1 Å². The van der Waals surface area contributed by atoms with Crippen LogP contribution in [0.25, 0.3) is 0 Å². The number of amides is 3. The normalized spacial score (nSPS) is 18.2. The second kappa shape index (κ2) is 9.50. The third-order valence-electron chi connectivity index (χ3n) is 5.35. The van der Waals surface area contributed by atoms with Gasteiger partial charge in [0.15, 0.2) is 6.04 Å². The van der Waals surface area contributed by atoms with Crippen LogP contribution in [0, 0.1) is 5.41 Å². The van der Waals surface area contributed by atoms with Crippen molar-refractivity contribution in [3.8, 4) is 0 Å². The summed E-state index contributed by atoms with van der Waals surface area (Å²) in [5, 5.41) is 2.47. The highest BCUT2D eigenvalue weighted by Crippen LogP contribution is 2.34. The molecular weight excluding hydrogens is 422 g/mol. The van der Waals surface area contributed by atoms with Gasteiger partial charge in [0, 0.05) is 36.1 Å². The number of hydrogen-bond acceptors (Lipinski definition) is 5. The van der Waals surface area contributed by atoms with E-state index in [1.807, 2.05) is 20.8 Å². The molecule has 10 heteroatoms. The number of alkyl halides is 2. The van der Waals surface area contributed by atoms with Crippen LogP contribution in [0.2, 0.25) is 0 Å². The van der Waals surface area contributed by atoms with E-state index in [-0.39, 0.29) is 36.2 Å². The summed E-state index contributed by atoms with van der Waals surface area (Å²) in [6, 6.07) is 2.77. The number of carbonyl (C=O) groups is 3. The number of carbonyl (C=O) groups excluding carboxylic acids is 3. The van der Waals surface area contributed by atoms with E-state index in [0.717, 1.165) is 12.8 Å². The van der Waals surface area contributed by atoms with Crippen molar-refractivity contribution in [3.63, 3.8) is 0 Å². The number of morpholine rings is 1. The summed E-state index contributed by atoms with van der Waals surface area (Å²) in [5.74, 6) is -1.90. The molecular formula is C22H30F2N4O4. The van der Waals surface area contributed by atoms with Gasteiger partial charge in [-0.15, -0.1) is 0 Å². The fourth-order valence-corrected chi connectivity index (χ4v) is 3.83. The van der Waals surface area contributed by atoms with Crippen molar-refractivity contribution in [2.75, 3.05) is 36.5 Å². The Balaban J connectivity index is 1.85. The Morgan fingerprint density at radius 2 is 2.00 bits per heavy atom. The molecule has 3 amide bonds. The van der Waals surface area contributed by atoms with Gasteiger partial charge in [-0.05, 0) is 36.5 Å². The van der Waals surface area contributed by atoms with Crippen molar-refractivity contribution in [3.05, 3.63) is 23.8 Å². The maximum Gasteiger partial charge on any atom is 0.265 e. The molecule has 2 aliphatic rings. The monoisotopic (exact) mass is 452 g/mol. The van der Waals surface area contributed by atoms with Crippen LogP contribution in [0.3, 0.4) is 0 Å². The molecule has 0 spiro atoms. The number of nitrogens with one attached hydrogen (secondary N) is 1. The molecule has 1 heterocycles. The predicted molar refractivity (Wildman–Crippen MR) is 115 cm³/mol. The molecule has 3 N–H and O–H groups in total. The largest absolute Gasteiger partial charge is 0.370 e. The highest BCUT2D eigenvalue weighted by atomic mass is 19.3. The lowest BCUT2D eigenvalue weighted by Crippen LogP contribution is -2.55. The number of benzene rings is 1. The summed E-state index contributed by atoms with van der Waals surface area (Å²) in [4.78, 5) is 40.4. The molecule has 0 radical (unpaired) electrons.